The fourth-order valence-corrected chi connectivity index (χ4v) is 2.19. The van der Waals surface area contributed by atoms with E-state index in [1.54, 1.807) is 0 Å². The number of benzene rings is 1. The number of halogens is 1. The second kappa shape index (κ2) is 5.13. The van der Waals surface area contributed by atoms with Gasteiger partial charge in [-0.3, -0.25) is 0 Å². The molecule has 19 heavy (non-hydrogen) atoms. The molecule has 0 radical (unpaired) electrons. The van der Waals surface area contributed by atoms with E-state index in [0.29, 0.717) is 10.7 Å². The van der Waals surface area contributed by atoms with Crippen molar-refractivity contribution in [1.29, 1.82) is 0 Å². The normalized spacial score (nSPS) is 11.1. The van der Waals surface area contributed by atoms with Crippen molar-refractivity contribution in [1.82, 2.24) is 9.78 Å². The van der Waals surface area contributed by atoms with Crippen molar-refractivity contribution in [3.8, 4) is 0 Å². The van der Waals surface area contributed by atoms with Gasteiger partial charge in [0.25, 0.3) is 0 Å². The zero-order chi connectivity index (χ0) is 14.2. The molecule has 0 aliphatic rings. The molecule has 0 saturated heterocycles. The summed E-state index contributed by atoms with van der Waals surface area (Å²) in [6, 6.07) is 6.10. The number of nitrogens with one attached hydrogen (secondary N) is 1. The van der Waals surface area contributed by atoms with E-state index in [9.17, 15) is 0 Å². The van der Waals surface area contributed by atoms with E-state index in [2.05, 4.69) is 24.3 Å². The molecule has 0 aliphatic carbocycles. The van der Waals surface area contributed by atoms with Crippen molar-refractivity contribution in [2.45, 2.75) is 33.7 Å². The SMILES string of the molecule is Cc1ccc(Nc2c(N)c(C)nn2C(C)C)c(Cl)c1. The minimum Gasteiger partial charge on any atom is -0.394 e. The molecule has 2 aromatic rings. The molecular formula is C14H19ClN4. The molecule has 4 nitrogen and oxygen atoms in total. The highest BCUT2D eigenvalue weighted by Gasteiger charge is 2.15. The lowest BCUT2D eigenvalue weighted by atomic mass is 10.2. The molecular weight excluding hydrogens is 260 g/mol. The largest absolute Gasteiger partial charge is 0.394 e. The lowest BCUT2D eigenvalue weighted by molar-refractivity contribution is 0.536. The van der Waals surface area contributed by atoms with Gasteiger partial charge in [0.05, 0.1) is 22.1 Å². The summed E-state index contributed by atoms with van der Waals surface area (Å²) in [5, 5.41) is 8.40. The van der Waals surface area contributed by atoms with Crippen LogP contribution >= 0.6 is 11.6 Å². The second-order valence-corrected chi connectivity index (χ2v) is 5.40. The van der Waals surface area contributed by atoms with Crippen LogP contribution in [0.25, 0.3) is 0 Å². The van der Waals surface area contributed by atoms with Crippen molar-refractivity contribution in [3.05, 3.63) is 34.5 Å². The minimum absolute atomic E-state index is 0.225. The molecule has 102 valence electrons. The van der Waals surface area contributed by atoms with Crippen LogP contribution in [0.2, 0.25) is 5.02 Å². The molecule has 1 aromatic heterocycles. The van der Waals surface area contributed by atoms with Crippen LogP contribution in [0, 0.1) is 13.8 Å². The van der Waals surface area contributed by atoms with Crippen molar-refractivity contribution in [2.75, 3.05) is 11.1 Å². The molecule has 1 aromatic carbocycles. The molecule has 0 atom stereocenters. The van der Waals surface area contributed by atoms with Crippen LogP contribution in [-0.4, -0.2) is 9.78 Å². The number of anilines is 3. The van der Waals surface area contributed by atoms with E-state index in [1.807, 2.05) is 36.7 Å². The highest BCUT2D eigenvalue weighted by Crippen LogP contribution is 2.32. The Morgan fingerprint density at radius 1 is 1.32 bits per heavy atom. The number of aromatic nitrogens is 2. The highest BCUT2D eigenvalue weighted by atomic mass is 35.5. The van der Waals surface area contributed by atoms with Gasteiger partial charge in [0, 0.05) is 6.04 Å². The number of nitrogen functional groups attached to an aromatic ring is 1. The average Bonchev–Trinajstić information content (AvgIpc) is 2.61. The Balaban J connectivity index is 2.43. The smallest absolute Gasteiger partial charge is 0.152 e. The van der Waals surface area contributed by atoms with E-state index >= 15 is 0 Å². The zero-order valence-corrected chi connectivity index (χ0v) is 12.4. The summed E-state index contributed by atoms with van der Waals surface area (Å²) in [6.07, 6.45) is 0. The zero-order valence-electron chi connectivity index (χ0n) is 11.7. The fraction of sp³-hybridized carbons (Fsp3) is 0.357. The summed E-state index contributed by atoms with van der Waals surface area (Å²) in [4.78, 5) is 0. The Bertz CT molecular complexity index is 602. The van der Waals surface area contributed by atoms with Gasteiger partial charge < -0.3 is 11.1 Å². The predicted octanol–water partition coefficient (Wildman–Crippen LogP) is 4.06. The third kappa shape index (κ3) is 2.68. The van der Waals surface area contributed by atoms with Crippen LogP contribution in [-0.2, 0) is 0 Å². The van der Waals surface area contributed by atoms with Crippen molar-refractivity contribution in [3.63, 3.8) is 0 Å². The van der Waals surface area contributed by atoms with Crippen LogP contribution in [0.3, 0.4) is 0 Å². The van der Waals surface area contributed by atoms with E-state index in [1.165, 1.54) is 0 Å². The lowest BCUT2D eigenvalue weighted by Crippen LogP contribution is -2.08. The first kappa shape index (κ1) is 13.7. The third-order valence-corrected chi connectivity index (χ3v) is 3.31. The van der Waals surface area contributed by atoms with Gasteiger partial charge in [0.1, 0.15) is 0 Å². The summed E-state index contributed by atoms with van der Waals surface area (Å²) >= 11 is 6.24. The molecule has 2 rings (SSSR count). The van der Waals surface area contributed by atoms with Gasteiger partial charge in [-0.2, -0.15) is 5.10 Å². The summed E-state index contributed by atoms with van der Waals surface area (Å²) in [7, 11) is 0. The molecule has 0 amide bonds. The number of nitrogens with two attached hydrogens (primary N) is 1. The van der Waals surface area contributed by atoms with Gasteiger partial charge in [0.2, 0.25) is 0 Å². The monoisotopic (exact) mass is 278 g/mol. The average molecular weight is 279 g/mol. The number of rotatable bonds is 3. The van der Waals surface area contributed by atoms with E-state index in [-0.39, 0.29) is 6.04 Å². The summed E-state index contributed by atoms with van der Waals surface area (Å²) in [5.74, 6) is 0.790. The fourth-order valence-electron chi connectivity index (χ4n) is 1.91. The number of hydrogen-bond acceptors (Lipinski definition) is 3. The molecule has 5 heteroatoms. The van der Waals surface area contributed by atoms with Crippen LogP contribution < -0.4 is 11.1 Å². The Labute approximate surface area is 118 Å². The first-order valence-electron chi connectivity index (χ1n) is 6.28. The first-order chi connectivity index (χ1) is 8.90. The lowest BCUT2D eigenvalue weighted by Gasteiger charge is -2.14. The van der Waals surface area contributed by atoms with Crippen molar-refractivity contribution >= 4 is 28.8 Å². The quantitative estimate of drug-likeness (QED) is 0.890. The Morgan fingerprint density at radius 3 is 2.58 bits per heavy atom. The Morgan fingerprint density at radius 2 is 2.00 bits per heavy atom. The maximum absolute atomic E-state index is 6.24. The van der Waals surface area contributed by atoms with Crippen molar-refractivity contribution < 1.29 is 0 Å². The maximum atomic E-state index is 6.24. The summed E-state index contributed by atoms with van der Waals surface area (Å²) < 4.78 is 1.88. The summed E-state index contributed by atoms with van der Waals surface area (Å²) in [5.41, 5.74) is 9.51. The third-order valence-electron chi connectivity index (χ3n) is 3.00. The van der Waals surface area contributed by atoms with Gasteiger partial charge in [-0.1, -0.05) is 17.7 Å². The van der Waals surface area contributed by atoms with Crippen molar-refractivity contribution in [2.24, 2.45) is 0 Å². The topological polar surface area (TPSA) is 55.9 Å². The van der Waals surface area contributed by atoms with Crippen LogP contribution in [0.15, 0.2) is 18.2 Å². The Kier molecular flexibility index (Phi) is 3.71. The molecule has 0 spiro atoms. The Hall–Kier alpha value is -1.68. The minimum atomic E-state index is 0.225. The number of hydrogen-bond donors (Lipinski definition) is 2. The molecule has 0 fully saturated rings. The highest BCUT2D eigenvalue weighted by molar-refractivity contribution is 6.33. The maximum Gasteiger partial charge on any atom is 0.152 e. The standard InChI is InChI=1S/C14H19ClN4/c1-8(2)19-14(13(16)10(4)18-19)17-12-6-5-9(3)7-11(12)15/h5-8,17H,16H2,1-4H3. The molecule has 1 heterocycles. The molecule has 3 N–H and O–H groups in total. The van der Waals surface area contributed by atoms with Gasteiger partial charge in [-0.25, -0.2) is 4.68 Å². The number of aryl methyl sites for hydroxylation is 2. The molecule has 0 bridgehead atoms. The first-order valence-corrected chi connectivity index (χ1v) is 6.65. The van der Waals surface area contributed by atoms with E-state index in [0.717, 1.165) is 22.8 Å². The predicted molar refractivity (Wildman–Crippen MR) is 81.2 cm³/mol. The molecule has 0 aliphatic heterocycles. The summed E-state index contributed by atoms with van der Waals surface area (Å²) in [6.45, 7) is 8.03. The van der Waals surface area contributed by atoms with Gasteiger partial charge in [-0.15, -0.1) is 0 Å². The van der Waals surface area contributed by atoms with E-state index < -0.39 is 0 Å². The number of nitrogens with zero attached hydrogens (tertiary/aromatic N) is 2. The van der Waals surface area contributed by atoms with Crippen LogP contribution in [0.5, 0.6) is 0 Å². The molecule has 0 saturated carbocycles. The second-order valence-electron chi connectivity index (χ2n) is 4.99. The van der Waals surface area contributed by atoms with Crippen LogP contribution in [0.1, 0.15) is 31.1 Å². The van der Waals surface area contributed by atoms with E-state index in [4.69, 9.17) is 17.3 Å². The molecule has 0 unspecified atom stereocenters. The van der Waals surface area contributed by atoms with Gasteiger partial charge in [-0.05, 0) is 45.4 Å². The van der Waals surface area contributed by atoms with Crippen LogP contribution in [0.4, 0.5) is 17.2 Å². The van der Waals surface area contributed by atoms with Gasteiger partial charge in [0.15, 0.2) is 5.82 Å². The van der Waals surface area contributed by atoms with Gasteiger partial charge >= 0.3 is 0 Å².